The molecule has 4 atom stereocenters. The Morgan fingerprint density at radius 1 is 1.00 bits per heavy atom. The van der Waals surface area contributed by atoms with Crippen LogP contribution >= 0.6 is 0 Å². The van der Waals surface area contributed by atoms with Crippen molar-refractivity contribution in [3.05, 3.63) is 71.5 Å². The Morgan fingerprint density at radius 3 is 2.44 bits per heavy atom. The summed E-state index contributed by atoms with van der Waals surface area (Å²) in [7, 11) is 5.04. The van der Waals surface area contributed by atoms with Gasteiger partial charge in [-0.15, -0.1) is 0 Å². The van der Waals surface area contributed by atoms with Gasteiger partial charge in [-0.2, -0.15) is 0 Å². The van der Waals surface area contributed by atoms with Crippen LogP contribution in [0.25, 0.3) is 33.3 Å². The van der Waals surface area contributed by atoms with Gasteiger partial charge in [0, 0.05) is 73.9 Å². The Hall–Kier alpha value is -5.80. The van der Waals surface area contributed by atoms with E-state index in [1.165, 1.54) is 9.91 Å². The number of amides is 4. The lowest BCUT2D eigenvalue weighted by atomic mass is 9.84. The molecule has 2 aliphatic rings. The number of aromatic hydroxyl groups is 1. The van der Waals surface area contributed by atoms with Crippen molar-refractivity contribution in [2.75, 3.05) is 40.8 Å². The van der Waals surface area contributed by atoms with E-state index in [1.807, 2.05) is 66.8 Å². The number of phenols is 1. The number of benzene rings is 2. The van der Waals surface area contributed by atoms with Crippen LogP contribution in [0.3, 0.4) is 0 Å². The van der Waals surface area contributed by atoms with Crippen LogP contribution in [0.15, 0.2) is 54.9 Å². The van der Waals surface area contributed by atoms with Gasteiger partial charge in [-0.25, -0.2) is 5.43 Å². The smallest absolute Gasteiger partial charge is 0.324 e. The first-order valence-corrected chi connectivity index (χ1v) is 22.5. The van der Waals surface area contributed by atoms with E-state index in [1.54, 1.807) is 43.5 Å². The molecule has 1 saturated heterocycles. The molecule has 1 fully saturated rings. The SMILES string of the molecule is CCC(C)N(C)C(=O)c1cncc(-c2c3c4cc(ccc4n2CC)-c2cc(O)cc(c2)C[C@H](NC(=O)C(C(C)C)N(C)C(=O)CNC)C(=O)N2CCC[C@H](N2)C(=O)OCC(C)(C)C3)c1. The molecule has 2 aliphatic heterocycles. The van der Waals surface area contributed by atoms with Crippen LogP contribution in [0.1, 0.15) is 89.2 Å². The minimum atomic E-state index is -1.13. The number of aryl methyl sites for hydroxylation is 1. The number of likely N-dealkylation sites (N-methyl/N-ethyl adjacent to an activating group) is 2. The molecule has 6 bridgehead atoms. The van der Waals surface area contributed by atoms with Gasteiger partial charge in [0.1, 0.15) is 23.9 Å². The second kappa shape index (κ2) is 19.9. The Bertz CT molecular complexity index is 2390. The third-order valence-corrected chi connectivity index (χ3v) is 12.7. The molecule has 15 nitrogen and oxygen atoms in total. The van der Waals surface area contributed by atoms with Crippen molar-refractivity contribution in [1.82, 2.24) is 40.4 Å². The molecule has 64 heavy (non-hydrogen) atoms. The van der Waals surface area contributed by atoms with E-state index in [-0.39, 0.29) is 55.6 Å². The van der Waals surface area contributed by atoms with Crippen molar-refractivity contribution in [3.63, 3.8) is 0 Å². The highest BCUT2D eigenvalue weighted by atomic mass is 16.5. The third kappa shape index (κ3) is 10.3. The lowest BCUT2D eigenvalue weighted by molar-refractivity contribution is -0.155. The maximum absolute atomic E-state index is 14.5. The lowest BCUT2D eigenvalue weighted by Gasteiger charge is -2.36. The van der Waals surface area contributed by atoms with Crippen molar-refractivity contribution in [1.29, 1.82) is 0 Å². The van der Waals surface area contributed by atoms with E-state index in [0.29, 0.717) is 42.5 Å². The van der Waals surface area contributed by atoms with Crippen LogP contribution in [-0.4, -0.2) is 124 Å². The maximum atomic E-state index is 14.5. The number of fused-ring (bicyclic) bond motifs is 6. The van der Waals surface area contributed by atoms with Crippen LogP contribution in [0.4, 0.5) is 0 Å². The van der Waals surface area contributed by atoms with Crippen molar-refractivity contribution in [2.24, 2.45) is 11.3 Å². The third-order valence-electron chi connectivity index (χ3n) is 12.7. The van der Waals surface area contributed by atoms with Gasteiger partial charge in [-0.1, -0.05) is 46.8 Å². The molecule has 4 N–H and O–H groups in total. The summed E-state index contributed by atoms with van der Waals surface area (Å²) in [6.07, 6.45) is 5.66. The molecule has 344 valence electrons. The lowest BCUT2D eigenvalue weighted by Crippen LogP contribution is -2.62. The number of hydrazine groups is 1. The highest BCUT2D eigenvalue weighted by molar-refractivity contribution is 5.98. The monoisotopic (exact) mass is 879 g/mol. The van der Waals surface area contributed by atoms with Crippen molar-refractivity contribution < 1.29 is 33.8 Å². The maximum Gasteiger partial charge on any atom is 0.324 e. The molecule has 15 heteroatoms. The largest absolute Gasteiger partial charge is 0.508 e. The first-order valence-electron chi connectivity index (χ1n) is 22.5. The number of cyclic esters (lactones) is 1. The number of hydrogen-bond donors (Lipinski definition) is 4. The number of ether oxygens (including phenoxy) is 1. The number of carbonyl (C=O) groups excluding carboxylic acids is 5. The van der Waals surface area contributed by atoms with Crippen LogP contribution in [0, 0.1) is 11.3 Å². The molecule has 0 spiro atoms. The average molecular weight is 879 g/mol. The molecular weight excluding hydrogens is 813 g/mol. The van der Waals surface area contributed by atoms with Crippen molar-refractivity contribution >= 4 is 40.5 Å². The zero-order valence-electron chi connectivity index (χ0n) is 39.1. The second-order valence-electron chi connectivity index (χ2n) is 18.6. The fourth-order valence-electron chi connectivity index (χ4n) is 9.01. The number of aromatic nitrogens is 2. The fourth-order valence-corrected chi connectivity index (χ4v) is 9.01. The first-order chi connectivity index (χ1) is 30.4. The number of carbonyl (C=O) groups is 5. The zero-order chi connectivity index (χ0) is 46.6. The predicted molar refractivity (Wildman–Crippen MR) is 247 cm³/mol. The molecule has 4 heterocycles. The Labute approximate surface area is 376 Å². The highest BCUT2D eigenvalue weighted by Gasteiger charge is 2.37. The van der Waals surface area contributed by atoms with E-state index in [9.17, 15) is 29.1 Å². The Morgan fingerprint density at radius 2 is 1.75 bits per heavy atom. The molecule has 6 rings (SSSR count). The summed E-state index contributed by atoms with van der Waals surface area (Å²) in [4.78, 5) is 77.0. The number of rotatable bonds is 11. The normalized spacial score (nSPS) is 18.8. The minimum Gasteiger partial charge on any atom is -0.508 e. The van der Waals surface area contributed by atoms with E-state index < -0.39 is 41.3 Å². The molecule has 2 aromatic carbocycles. The molecule has 0 radical (unpaired) electrons. The molecule has 2 unspecified atom stereocenters. The van der Waals surface area contributed by atoms with Gasteiger partial charge in [0.05, 0.1) is 24.4 Å². The molecule has 4 amide bonds. The number of hydrogen-bond acceptors (Lipinski definition) is 10. The minimum absolute atomic E-state index is 0.00455. The van der Waals surface area contributed by atoms with Crippen LogP contribution < -0.4 is 16.1 Å². The van der Waals surface area contributed by atoms with Crippen LogP contribution in [0.2, 0.25) is 0 Å². The van der Waals surface area contributed by atoms with Gasteiger partial charge >= 0.3 is 5.97 Å². The van der Waals surface area contributed by atoms with Gasteiger partial charge in [0.25, 0.3) is 11.8 Å². The van der Waals surface area contributed by atoms with Gasteiger partial charge in [0.15, 0.2) is 0 Å². The summed E-state index contributed by atoms with van der Waals surface area (Å²) >= 11 is 0. The van der Waals surface area contributed by atoms with Gasteiger partial charge < -0.3 is 34.8 Å². The van der Waals surface area contributed by atoms with E-state index in [0.717, 1.165) is 39.7 Å². The van der Waals surface area contributed by atoms with Crippen molar-refractivity contribution in [2.45, 2.75) is 111 Å². The summed E-state index contributed by atoms with van der Waals surface area (Å²) in [6, 6.07) is 10.5. The Balaban J connectivity index is 1.50. The summed E-state index contributed by atoms with van der Waals surface area (Å²) in [6.45, 7) is 14.9. The summed E-state index contributed by atoms with van der Waals surface area (Å²) in [5.41, 5.74) is 8.77. The number of pyridine rings is 1. The van der Waals surface area contributed by atoms with Crippen LogP contribution in [0.5, 0.6) is 5.75 Å². The molecule has 0 saturated carbocycles. The highest BCUT2D eigenvalue weighted by Crippen LogP contribution is 2.40. The second-order valence-corrected chi connectivity index (χ2v) is 18.6. The summed E-state index contributed by atoms with van der Waals surface area (Å²) < 4.78 is 8.31. The fraction of sp³-hybridized carbons (Fsp3) is 0.510. The van der Waals surface area contributed by atoms with E-state index in [2.05, 4.69) is 44.7 Å². The van der Waals surface area contributed by atoms with Gasteiger partial charge in [-0.05, 0) is 105 Å². The quantitative estimate of drug-likeness (QED) is 0.144. The molecular formula is C49H66N8O7. The van der Waals surface area contributed by atoms with E-state index in [4.69, 9.17) is 4.74 Å². The summed E-state index contributed by atoms with van der Waals surface area (Å²) in [5.74, 6) is -2.15. The number of esters is 1. The van der Waals surface area contributed by atoms with Crippen LogP contribution in [-0.2, 0) is 43.3 Å². The van der Waals surface area contributed by atoms with Gasteiger partial charge in [0.2, 0.25) is 11.8 Å². The summed E-state index contributed by atoms with van der Waals surface area (Å²) in [5, 5.41) is 19.4. The topological polar surface area (TPSA) is 178 Å². The molecule has 2 aromatic heterocycles. The van der Waals surface area contributed by atoms with Gasteiger partial charge in [-0.3, -0.25) is 34.0 Å². The average Bonchev–Trinajstić information content (AvgIpc) is 3.57. The Kier molecular flexibility index (Phi) is 14.8. The number of nitrogens with zero attached hydrogens (tertiary/aromatic N) is 5. The standard InChI is InChI=1S/C49H66N8O7/c1-11-30(5)54(9)46(61)35-21-34(25-51-26-35)44-38-24-49(6,7)28-64-48(63)39-14-13-17-57(53-39)47(62)40(52-45(60)43(29(3)4)55(10)42(59)27-50-8)20-31-18-33(22-36(58)19-31)32-15-16-41(37(38)23-32)56(44)12-2/h15-16,18-19,21-23,25-26,29-30,39-40,43,50,53,58H,11-14,17,20,24,27-28H2,1-10H3,(H,52,60)/t30?,39-,40-,43?/m0/s1. The first kappa shape index (κ1) is 47.7. The van der Waals surface area contributed by atoms with E-state index >= 15 is 0 Å². The zero-order valence-corrected chi connectivity index (χ0v) is 39.1. The predicted octanol–water partition coefficient (Wildman–Crippen LogP) is 5.32. The molecule has 4 aromatic rings. The number of nitrogens with one attached hydrogen (secondary N) is 3. The molecule has 0 aliphatic carbocycles. The number of phenolic OH excluding ortho intramolecular Hbond substituents is 1. The van der Waals surface area contributed by atoms with Crippen molar-refractivity contribution in [3.8, 4) is 28.1 Å².